The molecule has 6 nitrogen and oxygen atoms in total. The number of rotatable bonds is 6. The fourth-order valence-electron chi connectivity index (χ4n) is 3.11. The van der Waals surface area contributed by atoms with Gasteiger partial charge in [-0.15, -0.1) is 0 Å². The van der Waals surface area contributed by atoms with E-state index in [0.717, 1.165) is 12.3 Å². The molecular weight excluding hydrogens is 383 g/mol. The quantitative estimate of drug-likeness (QED) is 0.635. The van der Waals surface area contributed by atoms with Crippen molar-refractivity contribution in [2.45, 2.75) is 38.1 Å². The fourth-order valence-corrected chi connectivity index (χ4v) is 3.11. The molecule has 3 rings (SSSR count). The highest BCUT2D eigenvalue weighted by molar-refractivity contribution is 5.71. The number of pyridine rings is 1. The molecular formula is C20H22F3N5O. The molecule has 1 saturated carbocycles. The second kappa shape index (κ2) is 8.30. The van der Waals surface area contributed by atoms with E-state index in [1.165, 1.54) is 0 Å². The van der Waals surface area contributed by atoms with Crippen molar-refractivity contribution in [2.75, 3.05) is 5.32 Å². The van der Waals surface area contributed by atoms with Crippen molar-refractivity contribution in [3.63, 3.8) is 0 Å². The van der Waals surface area contributed by atoms with Gasteiger partial charge in [0.05, 0.1) is 23.5 Å². The van der Waals surface area contributed by atoms with Crippen molar-refractivity contribution >= 4 is 11.5 Å². The van der Waals surface area contributed by atoms with Crippen LogP contribution in [0.4, 0.5) is 19.1 Å². The van der Waals surface area contributed by atoms with Gasteiger partial charge in [0.1, 0.15) is 5.69 Å². The van der Waals surface area contributed by atoms with E-state index in [1.54, 1.807) is 19.1 Å². The molecule has 0 aromatic carbocycles. The average Bonchev–Trinajstić information content (AvgIpc) is 2.64. The van der Waals surface area contributed by atoms with E-state index in [0.29, 0.717) is 35.5 Å². The Bertz CT molecular complexity index is 922. The smallest absolute Gasteiger partial charge is 0.393 e. The van der Waals surface area contributed by atoms with Crippen LogP contribution in [0.1, 0.15) is 42.9 Å². The van der Waals surface area contributed by atoms with Crippen LogP contribution in [0.2, 0.25) is 0 Å². The van der Waals surface area contributed by atoms with E-state index in [-0.39, 0.29) is 24.0 Å². The molecule has 0 radical (unpaired) electrons. The van der Waals surface area contributed by atoms with E-state index in [1.807, 2.05) is 12.1 Å². The second-order valence-electron chi connectivity index (χ2n) is 7.10. The highest BCUT2D eigenvalue weighted by Gasteiger charge is 2.34. The lowest BCUT2D eigenvalue weighted by molar-refractivity contribution is -0.141. The van der Waals surface area contributed by atoms with Crippen LogP contribution in [0.15, 0.2) is 48.8 Å². The van der Waals surface area contributed by atoms with E-state index in [2.05, 4.69) is 26.8 Å². The maximum Gasteiger partial charge on any atom is 0.433 e. The van der Waals surface area contributed by atoms with Crippen LogP contribution in [-0.2, 0) is 6.18 Å². The summed E-state index contributed by atoms with van der Waals surface area (Å²) in [4.78, 5) is 11.8. The summed E-state index contributed by atoms with van der Waals surface area (Å²) in [5.74, 6) is 0.0340. The molecule has 4 N–H and O–H groups in total. The van der Waals surface area contributed by atoms with Gasteiger partial charge in [-0.1, -0.05) is 12.6 Å². The number of hydrogen-bond acceptors (Lipinski definition) is 6. The lowest BCUT2D eigenvalue weighted by Crippen LogP contribution is -2.36. The molecule has 2 aromatic rings. The minimum atomic E-state index is -4.54. The minimum Gasteiger partial charge on any atom is -0.393 e. The molecule has 2 aromatic heterocycles. The van der Waals surface area contributed by atoms with E-state index in [4.69, 9.17) is 5.73 Å². The van der Waals surface area contributed by atoms with Crippen molar-refractivity contribution < 1.29 is 18.3 Å². The first-order valence-electron chi connectivity index (χ1n) is 9.09. The fraction of sp³-hybridized carbons (Fsp3) is 0.350. The zero-order valence-electron chi connectivity index (χ0n) is 15.8. The van der Waals surface area contributed by atoms with E-state index < -0.39 is 11.9 Å². The zero-order chi connectivity index (χ0) is 21.2. The van der Waals surface area contributed by atoms with Gasteiger partial charge in [0, 0.05) is 11.9 Å². The molecule has 0 aliphatic heterocycles. The van der Waals surface area contributed by atoms with Crippen LogP contribution in [0.5, 0.6) is 0 Å². The molecule has 0 amide bonds. The Morgan fingerprint density at radius 2 is 2.03 bits per heavy atom. The van der Waals surface area contributed by atoms with Crippen LogP contribution in [0, 0.1) is 5.92 Å². The Morgan fingerprint density at radius 1 is 1.31 bits per heavy atom. The molecule has 0 saturated heterocycles. The maximum atomic E-state index is 12.8. The summed E-state index contributed by atoms with van der Waals surface area (Å²) in [6.45, 7) is 5.64. The summed E-state index contributed by atoms with van der Waals surface area (Å²) in [5.41, 5.74) is 7.60. The summed E-state index contributed by atoms with van der Waals surface area (Å²) in [5, 5.41) is 12.2. The summed E-state index contributed by atoms with van der Waals surface area (Å²) in [6, 6.07) is 5.97. The Balaban J connectivity index is 1.70. The van der Waals surface area contributed by atoms with Gasteiger partial charge in [0.25, 0.3) is 0 Å². The number of nitrogens with two attached hydrogens (primary N) is 1. The van der Waals surface area contributed by atoms with Crippen molar-refractivity contribution in [3.8, 4) is 0 Å². The average molecular weight is 405 g/mol. The number of nitrogens with one attached hydrogen (secondary N) is 1. The molecule has 29 heavy (non-hydrogen) atoms. The maximum absolute atomic E-state index is 12.8. The van der Waals surface area contributed by atoms with Gasteiger partial charge in [-0.25, -0.2) is 9.97 Å². The molecule has 0 bridgehead atoms. The normalized spacial score (nSPS) is 20.7. The first kappa shape index (κ1) is 20.9. The Kier molecular flexibility index (Phi) is 5.99. The van der Waals surface area contributed by atoms with Crippen molar-refractivity contribution in [1.29, 1.82) is 0 Å². The predicted octanol–water partition coefficient (Wildman–Crippen LogP) is 3.69. The van der Waals surface area contributed by atoms with Crippen LogP contribution in [0.3, 0.4) is 0 Å². The summed E-state index contributed by atoms with van der Waals surface area (Å²) in [6.07, 6.45) is -0.820. The zero-order valence-corrected chi connectivity index (χ0v) is 15.8. The number of halogens is 3. The van der Waals surface area contributed by atoms with Gasteiger partial charge in [-0.05, 0) is 55.5 Å². The number of aliphatic hydroxyl groups is 1. The van der Waals surface area contributed by atoms with Crippen LogP contribution >= 0.6 is 0 Å². The molecule has 2 heterocycles. The van der Waals surface area contributed by atoms with E-state index >= 15 is 0 Å². The highest BCUT2D eigenvalue weighted by atomic mass is 19.4. The van der Waals surface area contributed by atoms with Crippen molar-refractivity contribution in [3.05, 3.63) is 65.9 Å². The Hall–Kier alpha value is -2.78. The number of alkyl halides is 3. The number of aliphatic hydroxyl groups excluding tert-OH is 1. The first-order chi connectivity index (χ1) is 13.6. The van der Waals surface area contributed by atoms with Gasteiger partial charge >= 0.3 is 6.18 Å². The molecule has 1 aliphatic carbocycles. The van der Waals surface area contributed by atoms with Gasteiger partial charge in [0.2, 0.25) is 5.95 Å². The predicted molar refractivity (Wildman–Crippen MR) is 103 cm³/mol. The van der Waals surface area contributed by atoms with Crippen LogP contribution in [-0.4, -0.2) is 26.2 Å². The lowest BCUT2D eigenvalue weighted by Gasteiger charge is -2.35. The third kappa shape index (κ3) is 5.18. The number of aromatic nitrogens is 3. The van der Waals surface area contributed by atoms with Gasteiger partial charge in [-0.3, -0.25) is 4.98 Å². The van der Waals surface area contributed by atoms with E-state index in [9.17, 15) is 18.3 Å². The molecule has 1 atom stereocenters. The lowest BCUT2D eigenvalue weighted by atomic mass is 9.76. The summed E-state index contributed by atoms with van der Waals surface area (Å²) < 4.78 is 38.3. The third-order valence-electron chi connectivity index (χ3n) is 4.74. The van der Waals surface area contributed by atoms with Gasteiger partial charge in [-0.2, -0.15) is 13.2 Å². The van der Waals surface area contributed by atoms with Gasteiger partial charge < -0.3 is 16.2 Å². The van der Waals surface area contributed by atoms with Crippen molar-refractivity contribution in [2.24, 2.45) is 11.7 Å². The molecule has 1 aliphatic rings. The monoisotopic (exact) mass is 405 g/mol. The van der Waals surface area contributed by atoms with Crippen LogP contribution in [0.25, 0.3) is 5.57 Å². The van der Waals surface area contributed by atoms with Gasteiger partial charge in [0.15, 0.2) is 0 Å². The Morgan fingerprint density at radius 3 is 2.69 bits per heavy atom. The molecule has 154 valence electrons. The standard InChI is InChI=1S/C20H22F3N5O/c1-11(8-12(2)26-19-25-7-6-17(28-19)20(21,22)23)15-4-3-5-16(27-15)18(24)13-9-14(29)10-13/h3-8,13-14,18,29H,1,9-10,24H2,2H3,(H,25,26,28)/b12-8+/t13?,14?,18-/m0/s1. The Labute approximate surface area is 166 Å². The summed E-state index contributed by atoms with van der Waals surface area (Å²) in [7, 11) is 0. The number of hydrogen-bond donors (Lipinski definition) is 3. The number of allylic oxidation sites excluding steroid dienone is 3. The van der Waals surface area contributed by atoms with Crippen LogP contribution < -0.4 is 11.1 Å². The second-order valence-corrected chi connectivity index (χ2v) is 7.10. The molecule has 0 spiro atoms. The third-order valence-corrected chi connectivity index (χ3v) is 4.74. The topological polar surface area (TPSA) is 97.0 Å². The van der Waals surface area contributed by atoms with Crippen molar-refractivity contribution in [1.82, 2.24) is 15.0 Å². The molecule has 1 fully saturated rings. The number of anilines is 1. The summed E-state index contributed by atoms with van der Waals surface area (Å²) >= 11 is 0. The largest absolute Gasteiger partial charge is 0.433 e. The molecule has 9 heteroatoms. The number of nitrogens with zero attached hydrogens (tertiary/aromatic N) is 3. The highest BCUT2D eigenvalue weighted by Crippen LogP contribution is 2.36. The SMILES string of the molecule is C=C(/C=C(\C)Nc1nccc(C(F)(F)F)n1)c1cccc([C@@H](N)C2CC(O)C2)n1. The minimum absolute atomic E-state index is 0.159. The molecule has 0 unspecified atom stereocenters. The first-order valence-corrected chi connectivity index (χ1v) is 9.09.